The minimum Gasteiger partial charge on any atom is -0.450 e. The standard InChI is InChI=1S/C10H19N3O2S/c1-3-12-5-7-13(8-6-12)9(16)11-10(14)15-4-2/h3-8H2,1-2H3,(H,11,14,16). The Balaban J connectivity index is 2.30. The molecule has 1 fully saturated rings. The average Bonchev–Trinajstić information content (AvgIpc) is 2.29. The van der Waals surface area contributed by atoms with Gasteiger partial charge in [-0.05, 0) is 25.7 Å². The van der Waals surface area contributed by atoms with Gasteiger partial charge < -0.3 is 14.5 Å². The number of hydrogen-bond acceptors (Lipinski definition) is 4. The average molecular weight is 245 g/mol. The van der Waals surface area contributed by atoms with E-state index >= 15 is 0 Å². The first kappa shape index (κ1) is 13.2. The molecular formula is C10H19N3O2S. The molecule has 1 aliphatic heterocycles. The van der Waals surface area contributed by atoms with E-state index in [4.69, 9.17) is 17.0 Å². The molecular weight excluding hydrogens is 226 g/mol. The van der Waals surface area contributed by atoms with Gasteiger partial charge in [0.15, 0.2) is 5.11 Å². The third kappa shape index (κ3) is 3.94. The Hall–Kier alpha value is -0.880. The summed E-state index contributed by atoms with van der Waals surface area (Å²) in [5, 5.41) is 3.03. The second-order valence-electron chi connectivity index (χ2n) is 3.57. The van der Waals surface area contributed by atoms with Crippen molar-refractivity contribution in [3.63, 3.8) is 0 Å². The summed E-state index contributed by atoms with van der Waals surface area (Å²) >= 11 is 5.13. The van der Waals surface area contributed by atoms with Gasteiger partial charge in [-0.25, -0.2) is 4.79 Å². The number of rotatable bonds is 2. The zero-order valence-corrected chi connectivity index (χ0v) is 10.7. The molecule has 0 atom stereocenters. The lowest BCUT2D eigenvalue weighted by Gasteiger charge is -2.35. The molecule has 5 nitrogen and oxygen atoms in total. The number of carbonyl (C=O) groups is 1. The normalized spacial score (nSPS) is 17.0. The minimum atomic E-state index is -0.467. The Morgan fingerprint density at radius 3 is 2.44 bits per heavy atom. The summed E-state index contributed by atoms with van der Waals surface area (Å²) in [5.41, 5.74) is 0. The molecule has 16 heavy (non-hydrogen) atoms. The van der Waals surface area contributed by atoms with Crippen molar-refractivity contribution in [1.82, 2.24) is 15.1 Å². The van der Waals surface area contributed by atoms with Crippen molar-refractivity contribution in [3.05, 3.63) is 0 Å². The van der Waals surface area contributed by atoms with E-state index in [1.165, 1.54) is 0 Å². The zero-order chi connectivity index (χ0) is 12.0. The topological polar surface area (TPSA) is 44.8 Å². The van der Waals surface area contributed by atoms with E-state index in [1.54, 1.807) is 6.92 Å². The van der Waals surface area contributed by atoms with E-state index in [0.717, 1.165) is 32.7 Å². The highest BCUT2D eigenvalue weighted by Gasteiger charge is 2.18. The maximum absolute atomic E-state index is 11.2. The lowest BCUT2D eigenvalue weighted by Crippen LogP contribution is -2.52. The van der Waals surface area contributed by atoms with Crippen molar-refractivity contribution in [1.29, 1.82) is 0 Å². The van der Waals surface area contributed by atoms with Gasteiger partial charge >= 0.3 is 6.09 Å². The number of likely N-dealkylation sites (N-methyl/N-ethyl adjacent to an activating group) is 1. The van der Waals surface area contributed by atoms with Crippen LogP contribution in [-0.4, -0.2) is 60.3 Å². The Morgan fingerprint density at radius 2 is 1.94 bits per heavy atom. The van der Waals surface area contributed by atoms with Gasteiger partial charge in [0.2, 0.25) is 0 Å². The molecule has 1 rings (SSSR count). The quantitative estimate of drug-likeness (QED) is 0.724. The Kier molecular flexibility index (Phi) is 5.48. The van der Waals surface area contributed by atoms with Crippen molar-refractivity contribution in [2.75, 3.05) is 39.3 Å². The number of carbonyl (C=O) groups excluding carboxylic acids is 1. The van der Waals surface area contributed by atoms with E-state index in [-0.39, 0.29) is 0 Å². The van der Waals surface area contributed by atoms with Crippen LogP contribution in [0.5, 0.6) is 0 Å². The van der Waals surface area contributed by atoms with Gasteiger partial charge in [0.1, 0.15) is 0 Å². The third-order valence-electron chi connectivity index (χ3n) is 2.59. The summed E-state index contributed by atoms with van der Waals surface area (Å²) in [6, 6.07) is 0. The van der Waals surface area contributed by atoms with Crippen molar-refractivity contribution in [2.45, 2.75) is 13.8 Å². The number of nitrogens with zero attached hydrogens (tertiary/aromatic N) is 2. The van der Waals surface area contributed by atoms with E-state index in [1.807, 2.05) is 4.90 Å². The molecule has 1 amide bonds. The zero-order valence-electron chi connectivity index (χ0n) is 9.86. The van der Waals surface area contributed by atoms with E-state index in [9.17, 15) is 4.79 Å². The molecule has 0 aliphatic carbocycles. The van der Waals surface area contributed by atoms with Crippen molar-refractivity contribution in [3.8, 4) is 0 Å². The Bertz CT molecular complexity index is 252. The molecule has 6 heteroatoms. The van der Waals surface area contributed by atoms with Gasteiger partial charge in [0.25, 0.3) is 0 Å². The van der Waals surface area contributed by atoms with Gasteiger partial charge in [-0.1, -0.05) is 6.92 Å². The number of alkyl carbamates (subject to hydrolysis) is 1. The lowest BCUT2D eigenvalue weighted by molar-refractivity contribution is 0.154. The van der Waals surface area contributed by atoms with E-state index in [0.29, 0.717) is 11.7 Å². The van der Waals surface area contributed by atoms with E-state index in [2.05, 4.69) is 17.1 Å². The molecule has 92 valence electrons. The van der Waals surface area contributed by atoms with Gasteiger partial charge in [-0.15, -0.1) is 0 Å². The monoisotopic (exact) mass is 245 g/mol. The summed E-state index contributed by atoms with van der Waals surface area (Å²) in [5.74, 6) is 0. The van der Waals surface area contributed by atoms with Crippen molar-refractivity contribution in [2.24, 2.45) is 0 Å². The highest BCUT2D eigenvalue weighted by molar-refractivity contribution is 7.80. The van der Waals surface area contributed by atoms with Gasteiger partial charge in [-0.3, -0.25) is 5.32 Å². The molecule has 1 N–H and O–H groups in total. The van der Waals surface area contributed by atoms with Crippen LogP contribution in [0.4, 0.5) is 4.79 Å². The molecule has 0 spiro atoms. The summed E-state index contributed by atoms with van der Waals surface area (Å²) in [4.78, 5) is 15.5. The second-order valence-corrected chi connectivity index (χ2v) is 3.96. The summed E-state index contributed by atoms with van der Waals surface area (Å²) in [6.45, 7) is 9.03. The van der Waals surface area contributed by atoms with Crippen LogP contribution in [0.2, 0.25) is 0 Å². The fourth-order valence-corrected chi connectivity index (χ4v) is 1.87. The molecule has 0 saturated carbocycles. The highest BCUT2D eigenvalue weighted by atomic mass is 32.1. The predicted molar refractivity (Wildman–Crippen MR) is 66.4 cm³/mol. The van der Waals surface area contributed by atoms with Crippen LogP contribution >= 0.6 is 12.2 Å². The molecule has 0 aromatic heterocycles. The molecule has 1 saturated heterocycles. The molecule has 0 aromatic carbocycles. The fourth-order valence-electron chi connectivity index (χ4n) is 1.60. The lowest BCUT2D eigenvalue weighted by atomic mass is 10.3. The van der Waals surface area contributed by atoms with Gasteiger partial charge in [-0.2, -0.15) is 0 Å². The number of nitrogens with one attached hydrogen (secondary N) is 1. The largest absolute Gasteiger partial charge is 0.450 e. The molecule has 0 bridgehead atoms. The van der Waals surface area contributed by atoms with Crippen LogP contribution in [0.25, 0.3) is 0 Å². The van der Waals surface area contributed by atoms with Crippen LogP contribution < -0.4 is 5.32 Å². The number of thiocarbonyl (C=S) groups is 1. The molecule has 1 aliphatic rings. The summed E-state index contributed by atoms with van der Waals surface area (Å²) in [7, 11) is 0. The van der Waals surface area contributed by atoms with Crippen molar-refractivity contribution >= 4 is 23.4 Å². The number of piperazine rings is 1. The summed E-state index contributed by atoms with van der Waals surface area (Å²) < 4.78 is 4.77. The molecule has 0 aromatic rings. The van der Waals surface area contributed by atoms with Crippen LogP contribution in [0, 0.1) is 0 Å². The molecule has 0 unspecified atom stereocenters. The van der Waals surface area contributed by atoms with Gasteiger partial charge in [0.05, 0.1) is 6.61 Å². The highest BCUT2D eigenvalue weighted by Crippen LogP contribution is 2.01. The molecule has 0 radical (unpaired) electrons. The van der Waals surface area contributed by atoms with Crippen LogP contribution in [0.15, 0.2) is 0 Å². The van der Waals surface area contributed by atoms with Crippen LogP contribution in [0.3, 0.4) is 0 Å². The maximum Gasteiger partial charge on any atom is 0.413 e. The van der Waals surface area contributed by atoms with Crippen LogP contribution in [0.1, 0.15) is 13.8 Å². The smallest absolute Gasteiger partial charge is 0.413 e. The summed E-state index contributed by atoms with van der Waals surface area (Å²) in [6.07, 6.45) is -0.467. The third-order valence-corrected chi connectivity index (χ3v) is 2.95. The maximum atomic E-state index is 11.2. The number of hydrogen-bond donors (Lipinski definition) is 1. The minimum absolute atomic E-state index is 0.359. The fraction of sp³-hybridized carbons (Fsp3) is 0.800. The molecule has 1 heterocycles. The van der Waals surface area contributed by atoms with Crippen LogP contribution in [-0.2, 0) is 4.74 Å². The first-order valence-electron chi connectivity index (χ1n) is 5.62. The van der Waals surface area contributed by atoms with Gasteiger partial charge in [0, 0.05) is 26.2 Å². The first-order valence-corrected chi connectivity index (χ1v) is 6.03. The SMILES string of the molecule is CCOC(=O)NC(=S)N1CCN(CC)CC1. The Morgan fingerprint density at radius 1 is 1.31 bits per heavy atom. The number of ether oxygens (including phenoxy) is 1. The second kappa shape index (κ2) is 6.65. The van der Waals surface area contributed by atoms with Crippen molar-refractivity contribution < 1.29 is 9.53 Å². The number of amides is 1. The predicted octanol–water partition coefficient (Wildman–Crippen LogP) is 0.655. The Labute approximate surface area is 102 Å². The van der Waals surface area contributed by atoms with E-state index < -0.39 is 6.09 Å². The first-order chi connectivity index (χ1) is 7.67.